The fourth-order valence-corrected chi connectivity index (χ4v) is 3.50. The maximum absolute atomic E-state index is 14.4. The van der Waals surface area contributed by atoms with Gasteiger partial charge in [-0.25, -0.2) is 4.39 Å². The largest absolute Gasteiger partial charge is 0.319 e. The second-order valence-electron chi connectivity index (χ2n) is 5.55. The van der Waals surface area contributed by atoms with E-state index in [1.54, 1.807) is 6.07 Å². The van der Waals surface area contributed by atoms with Crippen molar-refractivity contribution in [1.82, 2.24) is 10.2 Å². The zero-order valence-electron chi connectivity index (χ0n) is 12.3. The number of hydrogen-bond acceptors (Lipinski definition) is 2. The second kappa shape index (κ2) is 7.39. The van der Waals surface area contributed by atoms with Crippen LogP contribution in [0.4, 0.5) is 4.39 Å². The first-order valence-electron chi connectivity index (χ1n) is 7.51. The molecular formula is C16H24ClFN2. The van der Waals surface area contributed by atoms with E-state index in [9.17, 15) is 4.39 Å². The van der Waals surface area contributed by atoms with Gasteiger partial charge < -0.3 is 5.32 Å². The van der Waals surface area contributed by atoms with Crippen LogP contribution < -0.4 is 5.32 Å². The second-order valence-corrected chi connectivity index (χ2v) is 5.99. The molecule has 20 heavy (non-hydrogen) atoms. The van der Waals surface area contributed by atoms with Gasteiger partial charge >= 0.3 is 0 Å². The third-order valence-electron chi connectivity index (χ3n) is 4.26. The van der Waals surface area contributed by atoms with Crippen LogP contribution in [-0.2, 0) is 0 Å². The molecule has 0 aliphatic carbocycles. The molecule has 2 unspecified atom stereocenters. The van der Waals surface area contributed by atoms with Gasteiger partial charge in [-0.2, -0.15) is 0 Å². The number of nitrogens with zero attached hydrogens (tertiary/aromatic N) is 1. The number of nitrogens with one attached hydrogen (secondary N) is 1. The third-order valence-corrected chi connectivity index (χ3v) is 4.50. The van der Waals surface area contributed by atoms with Gasteiger partial charge in [-0.3, -0.25) is 4.90 Å². The molecule has 1 N–H and O–H groups in total. The van der Waals surface area contributed by atoms with Crippen LogP contribution >= 0.6 is 11.6 Å². The molecule has 1 aliphatic rings. The molecule has 0 saturated carbocycles. The molecule has 112 valence electrons. The topological polar surface area (TPSA) is 15.3 Å². The van der Waals surface area contributed by atoms with Gasteiger partial charge in [0.15, 0.2) is 0 Å². The lowest BCUT2D eigenvalue weighted by Crippen LogP contribution is -2.36. The first-order chi connectivity index (χ1) is 9.67. The predicted octanol–water partition coefficient (Wildman–Crippen LogP) is 3.86. The summed E-state index contributed by atoms with van der Waals surface area (Å²) in [5.74, 6) is 0.266. The van der Waals surface area contributed by atoms with Crippen molar-refractivity contribution < 1.29 is 4.39 Å². The van der Waals surface area contributed by atoms with E-state index in [0.717, 1.165) is 31.6 Å². The van der Waals surface area contributed by atoms with E-state index in [1.165, 1.54) is 18.9 Å². The number of rotatable bonds is 4. The van der Waals surface area contributed by atoms with Gasteiger partial charge in [-0.1, -0.05) is 31.0 Å². The summed E-state index contributed by atoms with van der Waals surface area (Å²) in [5, 5.41) is 3.73. The maximum Gasteiger partial charge on any atom is 0.129 e. The van der Waals surface area contributed by atoms with Gasteiger partial charge in [0, 0.05) is 16.6 Å². The molecule has 1 fully saturated rings. The monoisotopic (exact) mass is 298 g/mol. The van der Waals surface area contributed by atoms with Crippen LogP contribution in [0, 0.1) is 11.7 Å². The molecule has 2 atom stereocenters. The van der Waals surface area contributed by atoms with Crippen molar-refractivity contribution in [2.24, 2.45) is 5.92 Å². The molecule has 1 aliphatic heterocycles. The summed E-state index contributed by atoms with van der Waals surface area (Å²) in [4.78, 5) is 2.40. The molecule has 0 aromatic heterocycles. The molecular weight excluding hydrogens is 275 g/mol. The summed E-state index contributed by atoms with van der Waals surface area (Å²) in [7, 11) is 1.97. The molecule has 2 rings (SSSR count). The number of hydrogen-bond donors (Lipinski definition) is 1. The lowest BCUT2D eigenvalue weighted by atomic mass is 9.88. The van der Waals surface area contributed by atoms with Gasteiger partial charge in [0.1, 0.15) is 5.82 Å². The van der Waals surface area contributed by atoms with Crippen molar-refractivity contribution in [3.8, 4) is 0 Å². The molecule has 0 spiro atoms. The lowest BCUT2D eigenvalue weighted by Gasteiger charge is -2.35. The Kier molecular flexibility index (Phi) is 5.82. The van der Waals surface area contributed by atoms with E-state index >= 15 is 0 Å². The van der Waals surface area contributed by atoms with Crippen molar-refractivity contribution in [2.75, 3.05) is 26.7 Å². The molecule has 1 aromatic rings. The van der Waals surface area contributed by atoms with Crippen LogP contribution in [0.5, 0.6) is 0 Å². The summed E-state index contributed by atoms with van der Waals surface area (Å²) in [6.45, 7) is 5.07. The van der Waals surface area contributed by atoms with Gasteiger partial charge in [-0.05, 0) is 57.6 Å². The van der Waals surface area contributed by atoms with Crippen molar-refractivity contribution in [3.05, 3.63) is 34.6 Å². The van der Waals surface area contributed by atoms with Crippen LogP contribution in [0.3, 0.4) is 0 Å². The number of likely N-dealkylation sites (tertiary alicyclic amines) is 1. The summed E-state index contributed by atoms with van der Waals surface area (Å²) in [6, 6.07) is 5.24. The lowest BCUT2D eigenvalue weighted by molar-refractivity contribution is 0.158. The standard InChI is InChI=1S/C16H24ClFN2/c1-3-20-9-5-4-6-12(11-19-2)16(20)14-8-7-13(17)10-15(14)18/h7-8,10,12,16,19H,3-6,9,11H2,1-2H3. The van der Waals surface area contributed by atoms with Gasteiger partial charge in [0.05, 0.1) is 0 Å². The Hall–Kier alpha value is -0.640. The summed E-state index contributed by atoms with van der Waals surface area (Å²) in [6.07, 6.45) is 3.55. The molecule has 1 saturated heterocycles. The highest BCUT2D eigenvalue weighted by Gasteiger charge is 2.31. The molecule has 1 heterocycles. The highest BCUT2D eigenvalue weighted by molar-refractivity contribution is 6.30. The summed E-state index contributed by atoms with van der Waals surface area (Å²) < 4.78 is 14.4. The minimum absolute atomic E-state index is 0.146. The van der Waals surface area contributed by atoms with Crippen LogP contribution in [-0.4, -0.2) is 31.6 Å². The van der Waals surface area contributed by atoms with Crippen LogP contribution in [0.2, 0.25) is 5.02 Å². The molecule has 0 amide bonds. The van der Waals surface area contributed by atoms with Crippen LogP contribution in [0.1, 0.15) is 37.8 Å². The molecule has 0 radical (unpaired) electrons. The van der Waals surface area contributed by atoms with E-state index in [0.29, 0.717) is 10.9 Å². The van der Waals surface area contributed by atoms with Crippen LogP contribution in [0.15, 0.2) is 18.2 Å². The SMILES string of the molecule is CCN1CCCCC(CNC)C1c1ccc(Cl)cc1F. The van der Waals surface area contributed by atoms with Crippen molar-refractivity contribution in [3.63, 3.8) is 0 Å². The molecule has 1 aromatic carbocycles. The third kappa shape index (κ3) is 3.51. The zero-order valence-corrected chi connectivity index (χ0v) is 13.1. The Labute approximate surface area is 126 Å². The average Bonchev–Trinajstić information content (AvgIpc) is 2.62. The van der Waals surface area contributed by atoms with E-state index in [2.05, 4.69) is 17.1 Å². The summed E-state index contributed by atoms with van der Waals surface area (Å²) >= 11 is 5.89. The Balaban J connectivity index is 2.37. The Morgan fingerprint density at radius 2 is 2.20 bits per heavy atom. The van der Waals surface area contributed by atoms with Gasteiger partial charge in [0.2, 0.25) is 0 Å². The van der Waals surface area contributed by atoms with Crippen LogP contribution in [0.25, 0.3) is 0 Å². The smallest absolute Gasteiger partial charge is 0.129 e. The number of benzene rings is 1. The zero-order chi connectivity index (χ0) is 14.5. The number of halogens is 2. The molecule has 0 bridgehead atoms. The average molecular weight is 299 g/mol. The van der Waals surface area contributed by atoms with Gasteiger partial charge in [0.25, 0.3) is 0 Å². The van der Waals surface area contributed by atoms with Crippen molar-refractivity contribution >= 4 is 11.6 Å². The highest BCUT2D eigenvalue weighted by Crippen LogP contribution is 2.36. The Bertz CT molecular complexity index is 438. The van der Waals surface area contributed by atoms with E-state index in [1.807, 2.05) is 13.1 Å². The first-order valence-corrected chi connectivity index (χ1v) is 7.88. The van der Waals surface area contributed by atoms with E-state index in [4.69, 9.17) is 11.6 Å². The van der Waals surface area contributed by atoms with Crippen molar-refractivity contribution in [2.45, 2.75) is 32.2 Å². The van der Waals surface area contributed by atoms with Crippen molar-refractivity contribution in [1.29, 1.82) is 0 Å². The fraction of sp³-hybridized carbons (Fsp3) is 0.625. The highest BCUT2D eigenvalue weighted by atomic mass is 35.5. The summed E-state index contributed by atoms with van der Waals surface area (Å²) in [5.41, 5.74) is 0.790. The Morgan fingerprint density at radius 3 is 2.85 bits per heavy atom. The predicted molar refractivity (Wildman–Crippen MR) is 82.7 cm³/mol. The minimum Gasteiger partial charge on any atom is -0.319 e. The van der Waals surface area contributed by atoms with E-state index in [-0.39, 0.29) is 11.9 Å². The normalized spacial score (nSPS) is 24.6. The quantitative estimate of drug-likeness (QED) is 0.908. The Morgan fingerprint density at radius 1 is 1.40 bits per heavy atom. The van der Waals surface area contributed by atoms with Gasteiger partial charge in [-0.15, -0.1) is 0 Å². The fourth-order valence-electron chi connectivity index (χ4n) is 3.34. The molecule has 4 heteroatoms. The van der Waals surface area contributed by atoms with E-state index < -0.39 is 0 Å². The molecule has 2 nitrogen and oxygen atoms in total. The maximum atomic E-state index is 14.4. The first kappa shape index (κ1) is 15.7. The minimum atomic E-state index is -0.177.